The van der Waals surface area contributed by atoms with E-state index in [4.69, 9.17) is 10.7 Å². The van der Waals surface area contributed by atoms with Gasteiger partial charge in [0, 0.05) is 30.4 Å². The summed E-state index contributed by atoms with van der Waals surface area (Å²) in [6, 6.07) is 9.56. The minimum Gasteiger partial charge on any atom is -0.393 e. The van der Waals surface area contributed by atoms with Gasteiger partial charge in [-0.25, -0.2) is 18.9 Å². The minimum atomic E-state index is -0.642. The highest BCUT2D eigenvalue weighted by molar-refractivity contribution is 6.03. The summed E-state index contributed by atoms with van der Waals surface area (Å²) in [5.41, 5.74) is 7.26. The van der Waals surface area contributed by atoms with Crippen LogP contribution in [0.5, 0.6) is 0 Å². The fraction of sp³-hybridized carbons (Fsp3) is 0.414. The maximum absolute atomic E-state index is 14.2. The Morgan fingerprint density at radius 3 is 2.40 bits per heavy atom. The van der Waals surface area contributed by atoms with E-state index in [1.807, 2.05) is 24.3 Å². The standard InChI is InChI=1S/C29H35FN10O2/c30-21-15-32-13-12-22(21)37-29(42)24-16-33-28-23(14-27(39-40(24)28)35-18-6-4-17(31)5-7-18)36-26-3-1-2-25(38-26)34-19-8-10-20(41)11-9-19/h1-3,12-20,41H,4-11,31H2,(H,35,39)(H,32,37,42)(H2,34,36,38)/t17-,18-,19-,20-. The summed E-state index contributed by atoms with van der Waals surface area (Å²) in [5, 5.41) is 27.4. The third-order valence-corrected chi connectivity index (χ3v) is 7.91. The van der Waals surface area contributed by atoms with Crippen LogP contribution in [0.1, 0.15) is 61.9 Å². The lowest BCUT2D eigenvalue weighted by Gasteiger charge is -2.27. The number of nitrogens with two attached hydrogens (primary N) is 1. The third kappa shape index (κ3) is 6.42. The first-order valence-electron chi connectivity index (χ1n) is 14.4. The second-order valence-electron chi connectivity index (χ2n) is 11.1. The Balaban J connectivity index is 1.29. The van der Waals surface area contributed by atoms with Gasteiger partial charge in [-0.1, -0.05) is 6.07 Å². The molecule has 7 N–H and O–H groups in total. The molecule has 4 heterocycles. The van der Waals surface area contributed by atoms with Crippen molar-refractivity contribution in [3.8, 4) is 0 Å². The summed E-state index contributed by atoms with van der Waals surface area (Å²) >= 11 is 0. The van der Waals surface area contributed by atoms with Crippen molar-refractivity contribution in [2.75, 3.05) is 21.3 Å². The summed E-state index contributed by atoms with van der Waals surface area (Å²) in [4.78, 5) is 26.2. The molecule has 1 amide bonds. The van der Waals surface area contributed by atoms with Crippen molar-refractivity contribution < 1.29 is 14.3 Å². The first kappa shape index (κ1) is 27.8. The first-order chi connectivity index (χ1) is 20.4. The van der Waals surface area contributed by atoms with E-state index in [-0.39, 0.29) is 35.6 Å². The number of carbonyl (C=O) groups excluding carboxylic acids is 1. The lowest BCUT2D eigenvalue weighted by molar-refractivity contribution is 0.102. The van der Waals surface area contributed by atoms with Gasteiger partial charge in [0.2, 0.25) is 0 Å². The van der Waals surface area contributed by atoms with Crippen molar-refractivity contribution >= 4 is 40.4 Å². The molecule has 2 fully saturated rings. The molecule has 0 saturated heterocycles. The number of amides is 1. The van der Waals surface area contributed by atoms with E-state index >= 15 is 0 Å². The van der Waals surface area contributed by atoms with Gasteiger partial charge in [-0.05, 0) is 69.6 Å². The van der Waals surface area contributed by atoms with Gasteiger partial charge in [-0.2, -0.15) is 0 Å². The second kappa shape index (κ2) is 12.2. The van der Waals surface area contributed by atoms with Gasteiger partial charge >= 0.3 is 0 Å². The van der Waals surface area contributed by atoms with E-state index in [1.54, 1.807) is 0 Å². The number of imidazole rings is 1. The minimum absolute atomic E-state index is 0.0112. The van der Waals surface area contributed by atoms with E-state index in [9.17, 15) is 14.3 Å². The molecule has 4 aromatic rings. The first-order valence-corrected chi connectivity index (χ1v) is 14.4. The molecule has 0 unspecified atom stereocenters. The number of fused-ring (bicyclic) bond motifs is 1. The van der Waals surface area contributed by atoms with E-state index < -0.39 is 11.7 Å². The Kier molecular flexibility index (Phi) is 8.11. The summed E-state index contributed by atoms with van der Waals surface area (Å²) in [5.74, 6) is 0.672. The lowest BCUT2D eigenvalue weighted by atomic mass is 9.92. The molecule has 220 valence electrons. The topological polar surface area (TPSA) is 167 Å². The summed E-state index contributed by atoms with van der Waals surface area (Å²) < 4.78 is 15.6. The molecular weight excluding hydrogens is 539 g/mol. The van der Waals surface area contributed by atoms with Gasteiger partial charge in [0.05, 0.1) is 29.9 Å². The number of nitrogens with one attached hydrogen (secondary N) is 4. The average molecular weight is 575 g/mol. The van der Waals surface area contributed by atoms with Gasteiger partial charge in [0.1, 0.15) is 17.5 Å². The van der Waals surface area contributed by atoms with Crippen LogP contribution in [0.3, 0.4) is 0 Å². The molecule has 12 nitrogen and oxygen atoms in total. The van der Waals surface area contributed by atoms with Crippen LogP contribution < -0.4 is 27.0 Å². The molecule has 0 aromatic carbocycles. The van der Waals surface area contributed by atoms with Gasteiger partial charge < -0.3 is 32.1 Å². The van der Waals surface area contributed by atoms with Gasteiger partial charge in [-0.3, -0.25) is 9.78 Å². The molecule has 0 atom stereocenters. The van der Waals surface area contributed by atoms with Crippen molar-refractivity contribution in [3.05, 3.63) is 60.4 Å². The van der Waals surface area contributed by atoms with E-state index in [1.165, 1.54) is 23.0 Å². The fourth-order valence-corrected chi connectivity index (χ4v) is 5.57. The molecule has 6 rings (SSSR count). The second-order valence-corrected chi connectivity index (χ2v) is 11.1. The van der Waals surface area contributed by atoms with Crippen LogP contribution in [0.15, 0.2) is 48.9 Å². The molecule has 0 spiro atoms. The Morgan fingerprint density at radius 1 is 0.929 bits per heavy atom. The van der Waals surface area contributed by atoms with Crippen LogP contribution in [0.2, 0.25) is 0 Å². The lowest BCUT2D eigenvalue weighted by Crippen LogP contribution is -2.33. The Labute approximate surface area is 242 Å². The highest BCUT2D eigenvalue weighted by Gasteiger charge is 2.23. The summed E-state index contributed by atoms with van der Waals surface area (Å²) in [7, 11) is 0. The number of halogens is 1. The number of aliphatic hydroxyl groups excluding tert-OH is 1. The van der Waals surface area contributed by atoms with E-state index in [2.05, 4.69) is 36.3 Å². The van der Waals surface area contributed by atoms with Crippen molar-refractivity contribution in [1.82, 2.24) is 24.6 Å². The number of hydrogen-bond acceptors (Lipinski definition) is 10. The summed E-state index contributed by atoms with van der Waals surface area (Å²) in [6.45, 7) is 0. The molecule has 0 bridgehead atoms. The average Bonchev–Trinajstić information content (AvgIpc) is 3.41. The molecule has 2 saturated carbocycles. The third-order valence-electron chi connectivity index (χ3n) is 7.91. The Morgan fingerprint density at radius 2 is 1.64 bits per heavy atom. The van der Waals surface area contributed by atoms with Gasteiger partial charge in [0.25, 0.3) is 5.91 Å². The molecule has 0 radical (unpaired) electrons. The zero-order valence-corrected chi connectivity index (χ0v) is 23.1. The van der Waals surface area contributed by atoms with Gasteiger partial charge in [-0.15, -0.1) is 5.10 Å². The SMILES string of the molecule is N[C@H]1CC[C@H](Nc2cc(Nc3cccc(N[C@H]4CC[C@H](O)CC4)n3)c3ncc(C(=O)Nc4ccncc4F)n3n2)CC1. The number of pyridine rings is 2. The Hall–Kier alpha value is -4.36. The van der Waals surface area contributed by atoms with Crippen LogP contribution in [0.4, 0.5) is 33.2 Å². The molecule has 2 aliphatic carbocycles. The number of hydrogen-bond donors (Lipinski definition) is 6. The van der Waals surface area contributed by atoms with Crippen molar-refractivity contribution in [3.63, 3.8) is 0 Å². The molecule has 0 aliphatic heterocycles. The molecule has 4 aromatic heterocycles. The van der Waals surface area contributed by atoms with Crippen LogP contribution >= 0.6 is 0 Å². The monoisotopic (exact) mass is 574 g/mol. The number of nitrogens with zero attached hydrogens (tertiary/aromatic N) is 5. The highest BCUT2D eigenvalue weighted by Crippen LogP contribution is 2.28. The van der Waals surface area contributed by atoms with Crippen LogP contribution in [-0.2, 0) is 0 Å². The largest absolute Gasteiger partial charge is 0.393 e. The molecule has 13 heteroatoms. The number of carbonyl (C=O) groups is 1. The maximum atomic E-state index is 14.2. The highest BCUT2D eigenvalue weighted by atomic mass is 19.1. The van der Waals surface area contributed by atoms with Crippen molar-refractivity contribution in [2.24, 2.45) is 5.73 Å². The molecular formula is C29H35FN10O2. The zero-order chi connectivity index (χ0) is 29.1. The predicted molar refractivity (Wildman–Crippen MR) is 158 cm³/mol. The van der Waals surface area contributed by atoms with E-state index in [0.717, 1.165) is 63.4 Å². The predicted octanol–water partition coefficient (Wildman–Crippen LogP) is 4.05. The number of anilines is 5. The normalized spacial score (nSPS) is 22.5. The number of aromatic nitrogens is 5. The maximum Gasteiger partial charge on any atom is 0.276 e. The van der Waals surface area contributed by atoms with Crippen molar-refractivity contribution in [2.45, 2.75) is 75.6 Å². The van der Waals surface area contributed by atoms with Crippen molar-refractivity contribution in [1.29, 1.82) is 0 Å². The summed E-state index contributed by atoms with van der Waals surface area (Å²) in [6.07, 6.45) is 10.6. The van der Waals surface area contributed by atoms with Gasteiger partial charge in [0.15, 0.2) is 17.2 Å². The quantitative estimate of drug-likeness (QED) is 0.181. The zero-order valence-electron chi connectivity index (χ0n) is 23.1. The van der Waals surface area contributed by atoms with Crippen LogP contribution in [0, 0.1) is 5.82 Å². The molecule has 42 heavy (non-hydrogen) atoms. The van der Waals surface area contributed by atoms with Crippen LogP contribution in [-0.4, -0.2) is 59.8 Å². The number of aliphatic hydroxyl groups is 1. The number of rotatable bonds is 8. The smallest absolute Gasteiger partial charge is 0.276 e. The van der Waals surface area contributed by atoms with E-state index in [0.29, 0.717) is 23.0 Å². The fourth-order valence-electron chi connectivity index (χ4n) is 5.57. The Bertz CT molecular complexity index is 1550. The molecule has 2 aliphatic rings. The van der Waals surface area contributed by atoms with Crippen LogP contribution in [0.25, 0.3) is 5.65 Å².